The fraction of sp³-hybridized carbons (Fsp3) is 0.419. The van der Waals surface area contributed by atoms with Crippen molar-refractivity contribution < 1.29 is 18.8 Å². The van der Waals surface area contributed by atoms with E-state index in [0.717, 1.165) is 19.3 Å². The molecule has 0 aliphatic heterocycles. The van der Waals surface area contributed by atoms with Crippen LogP contribution in [0.1, 0.15) is 69.9 Å². The van der Waals surface area contributed by atoms with E-state index in [1.54, 1.807) is 45.4 Å². The van der Waals surface area contributed by atoms with Crippen LogP contribution in [0.2, 0.25) is 5.02 Å². The Morgan fingerprint density at radius 3 is 2.56 bits per heavy atom. The molecular formula is C31H35ClN4O5. The highest BCUT2D eigenvalue weighted by molar-refractivity contribution is 6.37. The van der Waals surface area contributed by atoms with Gasteiger partial charge in [0.05, 0.1) is 10.5 Å². The number of benzene rings is 2. The van der Waals surface area contributed by atoms with Crippen LogP contribution in [-0.4, -0.2) is 45.3 Å². The summed E-state index contributed by atoms with van der Waals surface area (Å²) in [6.07, 6.45) is 2.28. The van der Waals surface area contributed by atoms with E-state index in [9.17, 15) is 14.4 Å². The summed E-state index contributed by atoms with van der Waals surface area (Å²) >= 11 is 6.60. The number of nitrogens with zero attached hydrogens (tertiary/aromatic N) is 3. The van der Waals surface area contributed by atoms with Gasteiger partial charge < -0.3 is 19.1 Å². The third-order valence-electron chi connectivity index (χ3n) is 7.57. The number of carbonyl (C=O) groups is 2. The van der Waals surface area contributed by atoms with Crippen molar-refractivity contribution in [2.75, 3.05) is 7.05 Å². The summed E-state index contributed by atoms with van der Waals surface area (Å²) in [4.78, 5) is 41.9. The second-order valence-corrected chi connectivity index (χ2v) is 12.1. The van der Waals surface area contributed by atoms with Gasteiger partial charge in [-0.15, -0.1) is 0 Å². The average Bonchev–Trinajstić information content (AvgIpc) is 3.30. The molecule has 4 aromatic rings. The Balaban J connectivity index is 1.45. The first-order valence-electron chi connectivity index (χ1n) is 13.9. The summed E-state index contributed by atoms with van der Waals surface area (Å²) < 4.78 is 12.7. The van der Waals surface area contributed by atoms with Crippen molar-refractivity contribution in [3.05, 3.63) is 75.2 Å². The Morgan fingerprint density at radius 2 is 1.85 bits per heavy atom. The first-order chi connectivity index (χ1) is 19.5. The standard InChI is InChI=1S/C31H35ClN4O5/c1-18-24-26(34-41-18)25-22(32)15-10-16-23(25)36(29(24)38)21-14-9-13-20(17-21)33-28(37)27(19-11-7-6-8-12-19)35(5)30(39)40-31(2,3)4/h6-8,10-12,15-16,20-21,27H,9,13-14,17H2,1-5H3,(H,33,37). The van der Waals surface area contributed by atoms with E-state index in [1.807, 2.05) is 42.5 Å². The van der Waals surface area contributed by atoms with Gasteiger partial charge in [-0.1, -0.05) is 53.2 Å². The molecule has 2 aromatic heterocycles. The van der Waals surface area contributed by atoms with Crippen molar-refractivity contribution in [2.45, 2.75) is 77.1 Å². The zero-order valence-corrected chi connectivity index (χ0v) is 24.7. The maximum absolute atomic E-state index is 13.8. The van der Waals surface area contributed by atoms with Crippen molar-refractivity contribution >= 4 is 45.4 Å². The van der Waals surface area contributed by atoms with Crippen molar-refractivity contribution in [1.82, 2.24) is 19.9 Å². The number of carbonyl (C=O) groups excluding carboxylic acids is 2. The molecule has 1 aliphatic rings. The second-order valence-electron chi connectivity index (χ2n) is 11.7. The van der Waals surface area contributed by atoms with E-state index in [2.05, 4.69) is 10.5 Å². The average molecular weight is 579 g/mol. The maximum atomic E-state index is 13.8. The molecule has 0 spiro atoms. The first kappa shape index (κ1) is 28.7. The molecule has 2 amide bonds. The highest BCUT2D eigenvalue weighted by Gasteiger charge is 2.34. The Kier molecular flexibility index (Phi) is 7.83. The molecule has 1 fully saturated rings. The number of likely N-dealkylation sites (N-methyl/N-ethyl adjacent to an activating group) is 1. The molecule has 0 radical (unpaired) electrons. The van der Waals surface area contributed by atoms with Gasteiger partial charge >= 0.3 is 6.09 Å². The number of nitrogens with one attached hydrogen (secondary N) is 1. The number of ether oxygens (including phenoxy) is 1. The fourth-order valence-corrected chi connectivity index (χ4v) is 6.03. The van der Waals surface area contributed by atoms with Crippen molar-refractivity contribution in [3.8, 4) is 0 Å². The number of aryl methyl sites for hydroxylation is 1. The van der Waals surface area contributed by atoms with Crippen LogP contribution in [0.25, 0.3) is 21.8 Å². The van der Waals surface area contributed by atoms with Gasteiger partial charge in [-0.2, -0.15) is 0 Å². The normalized spacial score (nSPS) is 18.3. The summed E-state index contributed by atoms with van der Waals surface area (Å²) in [7, 11) is 1.57. The molecule has 2 aromatic carbocycles. The quantitative estimate of drug-likeness (QED) is 0.297. The van der Waals surface area contributed by atoms with Gasteiger partial charge in [0.2, 0.25) is 5.91 Å². The van der Waals surface area contributed by atoms with Crippen LogP contribution in [-0.2, 0) is 9.53 Å². The Bertz CT molecular complexity index is 1660. The largest absolute Gasteiger partial charge is 0.444 e. The lowest BCUT2D eigenvalue weighted by molar-refractivity contribution is -0.127. The molecular weight excluding hydrogens is 544 g/mol. The predicted octanol–water partition coefficient (Wildman–Crippen LogP) is 6.31. The molecule has 1 aliphatic carbocycles. The number of fused-ring (bicyclic) bond motifs is 3. The zero-order valence-electron chi connectivity index (χ0n) is 23.9. The Morgan fingerprint density at radius 1 is 1.12 bits per heavy atom. The number of pyridine rings is 1. The predicted molar refractivity (Wildman–Crippen MR) is 158 cm³/mol. The summed E-state index contributed by atoms with van der Waals surface area (Å²) in [5, 5.41) is 8.90. The van der Waals surface area contributed by atoms with Crippen LogP contribution in [0.5, 0.6) is 0 Å². The fourth-order valence-electron chi connectivity index (χ4n) is 5.77. The molecule has 1 saturated carbocycles. The zero-order chi connectivity index (χ0) is 29.5. The third kappa shape index (κ3) is 5.68. The summed E-state index contributed by atoms with van der Waals surface area (Å²) in [6, 6.07) is 13.4. The summed E-state index contributed by atoms with van der Waals surface area (Å²) in [6.45, 7) is 7.08. The van der Waals surface area contributed by atoms with Crippen molar-refractivity contribution in [3.63, 3.8) is 0 Å². The van der Waals surface area contributed by atoms with Gasteiger partial charge in [0, 0.05) is 24.5 Å². The third-order valence-corrected chi connectivity index (χ3v) is 7.89. The van der Waals surface area contributed by atoms with E-state index >= 15 is 0 Å². The highest BCUT2D eigenvalue weighted by atomic mass is 35.5. The van der Waals surface area contributed by atoms with Crippen LogP contribution in [0.3, 0.4) is 0 Å². The number of hydrogen-bond donors (Lipinski definition) is 1. The summed E-state index contributed by atoms with van der Waals surface area (Å²) in [5.41, 5.74) is 0.934. The van der Waals surface area contributed by atoms with E-state index in [-0.39, 0.29) is 23.6 Å². The van der Waals surface area contributed by atoms with Crippen LogP contribution < -0.4 is 10.9 Å². The SMILES string of the molecule is Cc1onc2c1c(=O)n(C1CCCC(NC(=O)C(c3ccccc3)N(C)C(=O)OC(C)(C)C)C1)c1cccc(Cl)c21. The number of amides is 2. The second kappa shape index (κ2) is 11.2. The van der Waals surface area contributed by atoms with Crippen LogP contribution in [0, 0.1) is 6.92 Å². The molecule has 1 N–H and O–H groups in total. The van der Waals surface area contributed by atoms with Gasteiger partial charge in [0.1, 0.15) is 28.3 Å². The van der Waals surface area contributed by atoms with Crippen LogP contribution in [0.4, 0.5) is 4.79 Å². The number of aromatic nitrogens is 2. The smallest absolute Gasteiger partial charge is 0.410 e. The van der Waals surface area contributed by atoms with Gasteiger partial charge in [-0.3, -0.25) is 14.5 Å². The minimum Gasteiger partial charge on any atom is -0.444 e. The van der Waals surface area contributed by atoms with Gasteiger partial charge in [-0.25, -0.2) is 4.79 Å². The van der Waals surface area contributed by atoms with Gasteiger partial charge in [0.25, 0.3) is 5.56 Å². The van der Waals surface area contributed by atoms with E-state index in [4.69, 9.17) is 20.9 Å². The van der Waals surface area contributed by atoms with E-state index < -0.39 is 17.7 Å². The molecule has 3 unspecified atom stereocenters. The highest BCUT2D eigenvalue weighted by Crippen LogP contribution is 2.35. The molecule has 9 nitrogen and oxygen atoms in total. The Labute approximate surface area is 243 Å². The lowest BCUT2D eigenvalue weighted by atomic mass is 9.89. The minimum atomic E-state index is -0.884. The van der Waals surface area contributed by atoms with Crippen LogP contribution in [0.15, 0.2) is 57.8 Å². The van der Waals surface area contributed by atoms with Crippen molar-refractivity contribution in [1.29, 1.82) is 0 Å². The minimum absolute atomic E-state index is 0.181. The molecule has 3 atom stereocenters. The van der Waals surface area contributed by atoms with Gasteiger partial charge in [-0.05, 0) is 71.1 Å². The lowest BCUT2D eigenvalue weighted by Crippen LogP contribution is -2.47. The molecule has 0 bridgehead atoms. The molecule has 5 rings (SSSR count). The number of halogens is 1. The van der Waals surface area contributed by atoms with E-state index in [1.165, 1.54) is 4.90 Å². The molecule has 10 heteroatoms. The topological polar surface area (TPSA) is 107 Å². The molecule has 41 heavy (non-hydrogen) atoms. The maximum Gasteiger partial charge on any atom is 0.410 e. The van der Waals surface area contributed by atoms with E-state index in [0.29, 0.717) is 44.6 Å². The number of hydrogen-bond acceptors (Lipinski definition) is 6. The monoisotopic (exact) mass is 578 g/mol. The summed E-state index contributed by atoms with van der Waals surface area (Å²) in [5.74, 6) is 0.137. The molecule has 0 saturated heterocycles. The van der Waals surface area contributed by atoms with Crippen molar-refractivity contribution in [2.24, 2.45) is 0 Å². The lowest BCUT2D eigenvalue weighted by Gasteiger charge is -2.34. The molecule has 2 heterocycles. The molecule has 216 valence electrons. The number of rotatable bonds is 5. The van der Waals surface area contributed by atoms with Gasteiger partial charge in [0.15, 0.2) is 0 Å². The van der Waals surface area contributed by atoms with Crippen LogP contribution >= 0.6 is 11.6 Å². The Hall–Kier alpha value is -3.85. The first-order valence-corrected chi connectivity index (χ1v) is 14.2.